The molecule has 0 bridgehead atoms. The minimum atomic E-state index is -1.26. The fraction of sp³-hybridized carbons (Fsp3) is 0.375. The van der Waals surface area contributed by atoms with Gasteiger partial charge in [0.25, 0.3) is 18.4 Å². The number of amidine groups is 2. The maximum absolute atomic E-state index is 12.0. The molecule has 1 aromatic heterocycles. The molecule has 3 aromatic carbocycles. The number of carboxylic acid groups (broad SMARTS) is 4. The van der Waals surface area contributed by atoms with E-state index in [1.807, 2.05) is 25.1 Å². The zero-order valence-electron chi connectivity index (χ0n) is 55.7. The first-order valence-corrected chi connectivity index (χ1v) is 33.8. The maximum atomic E-state index is 12.0. The summed E-state index contributed by atoms with van der Waals surface area (Å²) in [5.74, 6) is -4.74. The zero-order chi connectivity index (χ0) is 79.7. The number of thiol groups is 1. The van der Waals surface area contributed by atoms with Gasteiger partial charge in [0.1, 0.15) is 55.3 Å². The molecule has 574 valence electrons. The summed E-state index contributed by atoms with van der Waals surface area (Å²) in [6.45, 7) is 6.01. The lowest BCUT2D eigenvalue weighted by Gasteiger charge is -2.16. The van der Waals surface area contributed by atoms with Crippen LogP contribution in [0.5, 0.6) is 17.2 Å². The van der Waals surface area contributed by atoms with Crippen molar-refractivity contribution >= 4 is 152 Å². The number of aliphatic imine (C=N–C) groups is 1. The number of benzene rings is 3. The van der Waals surface area contributed by atoms with Crippen LogP contribution >= 0.6 is 70.0 Å². The highest BCUT2D eigenvalue weighted by Crippen LogP contribution is 2.30. The molecule has 0 aliphatic carbocycles. The number of hydrogen-bond donors (Lipinski definition) is 17. The molecule has 5 atom stereocenters. The molecule has 21 N–H and O–H groups in total. The van der Waals surface area contributed by atoms with Crippen molar-refractivity contribution in [1.29, 1.82) is 0 Å². The Hall–Kier alpha value is -11.4. The summed E-state index contributed by atoms with van der Waals surface area (Å²) in [5.41, 5.74) is 30.8. The summed E-state index contributed by atoms with van der Waals surface area (Å²) in [7, 11) is 3.04. The number of hydrazine groups is 1. The third-order valence-corrected chi connectivity index (χ3v) is 15.9. The average molecular weight is 1590 g/mol. The molecular formula is C56H76N20O23S6. The molecule has 105 heavy (non-hydrogen) atoms. The number of nitro groups is 4. The normalized spacial score (nSPS) is 12.3. The Morgan fingerprint density at radius 3 is 1.41 bits per heavy atom. The Balaban J connectivity index is 0.00000133. The van der Waals surface area contributed by atoms with Gasteiger partial charge in [-0.1, -0.05) is 74.9 Å². The number of carboxylic acids is 4. The molecule has 4 rings (SSSR count). The predicted molar refractivity (Wildman–Crippen MR) is 396 cm³/mol. The molecule has 0 fully saturated rings. The van der Waals surface area contributed by atoms with Crippen LogP contribution in [0.3, 0.4) is 0 Å². The highest BCUT2D eigenvalue weighted by Gasteiger charge is 2.24. The topological polar surface area (TPSA) is 681 Å². The Bertz CT molecular complexity index is 3760. The monoisotopic (exact) mass is 1590 g/mol. The second kappa shape index (κ2) is 52.6. The number of aliphatic carboxylic acids is 4. The number of nitrogens with one attached hydrogen (secondary N) is 7. The smallest absolute Gasteiger partial charge is 0.413 e. The minimum Gasteiger partial charge on any atom is -0.480 e. The van der Waals surface area contributed by atoms with Gasteiger partial charge in [0, 0.05) is 47.2 Å². The van der Waals surface area contributed by atoms with Crippen LogP contribution in [-0.4, -0.2) is 185 Å². The molecule has 0 spiro atoms. The summed E-state index contributed by atoms with van der Waals surface area (Å²) in [5, 5.41) is 96.1. The molecule has 43 nitrogen and oxygen atoms in total. The van der Waals surface area contributed by atoms with E-state index < -0.39 is 104 Å². The van der Waals surface area contributed by atoms with Crippen LogP contribution in [0.2, 0.25) is 0 Å². The average Bonchev–Trinajstić information content (AvgIpc) is 1.81. The summed E-state index contributed by atoms with van der Waals surface area (Å²) < 4.78 is 15.5. The van der Waals surface area contributed by atoms with Gasteiger partial charge in [0.15, 0.2) is 31.8 Å². The van der Waals surface area contributed by atoms with Crippen molar-refractivity contribution in [2.45, 2.75) is 102 Å². The Kier molecular flexibility index (Phi) is 46.9. The largest absolute Gasteiger partial charge is 0.480 e. The van der Waals surface area contributed by atoms with Crippen LogP contribution in [0.1, 0.15) is 83.3 Å². The maximum Gasteiger partial charge on any atom is 0.413 e. The summed E-state index contributed by atoms with van der Waals surface area (Å²) in [6.07, 6.45) is 0.00750. The van der Waals surface area contributed by atoms with E-state index in [2.05, 4.69) is 69.6 Å². The van der Waals surface area contributed by atoms with E-state index in [9.17, 15) is 83.9 Å². The number of ether oxygens (including phenoxy) is 3. The number of hydrogen-bond acceptors (Lipinski definition) is 28. The van der Waals surface area contributed by atoms with Gasteiger partial charge in [-0.05, 0) is 150 Å². The van der Waals surface area contributed by atoms with E-state index in [4.69, 9.17) is 90.1 Å². The zero-order valence-corrected chi connectivity index (χ0v) is 60.6. The molecule has 0 saturated heterocycles. The lowest BCUT2D eigenvalue weighted by atomic mass is 10.1. The van der Waals surface area contributed by atoms with E-state index in [0.29, 0.717) is 50.1 Å². The summed E-state index contributed by atoms with van der Waals surface area (Å²) in [6, 6.07) is 16.4. The molecule has 0 aliphatic heterocycles. The number of guanidine groups is 2. The molecular weight excluding hydrogens is 1510 g/mol. The van der Waals surface area contributed by atoms with Crippen LogP contribution in [0.15, 0.2) is 99.2 Å². The van der Waals surface area contributed by atoms with Crippen molar-refractivity contribution < 1.29 is 93.1 Å². The molecule has 0 aliphatic rings. The number of nitrogens with two attached hydrogens (primary N) is 5. The lowest BCUT2D eigenvalue weighted by Crippen LogP contribution is -2.49. The summed E-state index contributed by atoms with van der Waals surface area (Å²) >= 11 is 18.7. The van der Waals surface area contributed by atoms with E-state index in [-0.39, 0.29) is 79.1 Å². The second-order valence-corrected chi connectivity index (χ2v) is 24.6. The van der Waals surface area contributed by atoms with Crippen LogP contribution in [-0.2, 0) is 28.8 Å². The van der Waals surface area contributed by atoms with Gasteiger partial charge in [-0.2, -0.15) is 12.6 Å². The Morgan fingerprint density at radius 2 is 1.01 bits per heavy atom. The van der Waals surface area contributed by atoms with Crippen molar-refractivity contribution in [2.75, 3.05) is 31.9 Å². The predicted octanol–water partition coefficient (Wildman–Crippen LogP) is 2.49. The number of hydrazone groups is 3. The van der Waals surface area contributed by atoms with Crippen molar-refractivity contribution in [3.8, 4) is 27.7 Å². The third-order valence-electron chi connectivity index (χ3n) is 12.1. The molecule has 0 saturated carbocycles. The van der Waals surface area contributed by atoms with Crippen LogP contribution in [0, 0.1) is 44.3 Å². The van der Waals surface area contributed by atoms with E-state index >= 15 is 0 Å². The minimum absolute atomic E-state index is 0.0293. The first-order chi connectivity index (χ1) is 49.4. The van der Waals surface area contributed by atoms with Gasteiger partial charge in [-0.25, -0.2) is 69.4 Å². The number of amides is 3. The molecule has 4 aromatic rings. The van der Waals surface area contributed by atoms with E-state index in [0.717, 1.165) is 24.7 Å². The molecule has 3 amide bonds. The SMILES string of the molecule is C/C(=N\[N+](=O)[O-])NCCCC(N)C(=O)O.C/C(=N\[N+](=O)[O-])NCCCC(NC(=O)C(N)CS)C(=O)O.CC(=S)c1ccc(OC=O)cc1.NC(=NCCCC(NC(=O)Oc1ccc(-c2cc(=S)ss2)cc1)C(=O)O)N[N+](=O)[O-].NC(=S)c1ccc(OC(=O)NC(CCCN/C(N)=N/[N+](=O)[O-])C(=O)O)cc1. The van der Waals surface area contributed by atoms with Crippen molar-refractivity contribution in [3.63, 3.8) is 0 Å². The first kappa shape index (κ1) is 93.6. The standard InChI is InChI=1S/C16H17N5O6S3.C14H18N6O6S.C10H19N5O5S.C9H8O2S.C7H14N4O4/c17-15(20-21(25)26)18-7-1-2-11(14(22)23)19-16(24)27-10-5-3-9(4-6-10)12-8-13(28)30-29-12;15-11(27)8-3-5-9(6-4-8)26-14(23)18-10(12(21)22)2-1-7-17-13(16)19-20(24)25;1-6(14-15(19)20)12-4-2-3-8(10(17)18)13-9(16)7(11)5-21;1-7(12)8-2-4-9(5-3-8)11-6-10;1-5(10-11(14)15)9-4-2-3-6(8)7(12)13/h3-6,8,11H,1-2,7H2,(H,19,24)(H,22,23)(H3,17,18,20);3-6,10H,1-2,7H2,(H2,15,27)(H,18,23)(H,21,22)(H3,16,17,19);7-8,21H,2-5,11H2,1H3,(H,12,14)(H,13,16)(H,17,18);2-6H,1H3;6H,2-4,8H2,1H3,(H,9,10)(H,12,13). The number of nitrogens with zero attached hydrogens (tertiary/aromatic N) is 8. The van der Waals surface area contributed by atoms with E-state index in [1.54, 1.807) is 64.3 Å². The van der Waals surface area contributed by atoms with Gasteiger partial charge in [0.2, 0.25) is 5.91 Å². The van der Waals surface area contributed by atoms with Gasteiger partial charge in [-0.3, -0.25) is 14.4 Å². The molecule has 5 unspecified atom stereocenters. The van der Waals surface area contributed by atoms with Crippen molar-refractivity contribution in [2.24, 2.45) is 49.0 Å². The number of carbonyl (C=O) groups is 8. The van der Waals surface area contributed by atoms with Crippen LogP contribution < -0.4 is 80.2 Å². The fourth-order valence-corrected chi connectivity index (χ4v) is 9.98. The highest BCUT2D eigenvalue weighted by molar-refractivity contribution is 7.81. The van der Waals surface area contributed by atoms with Crippen molar-refractivity contribution in [3.05, 3.63) is 134 Å². The van der Waals surface area contributed by atoms with Gasteiger partial charge in [-0.15, -0.1) is 0 Å². The highest BCUT2D eigenvalue weighted by atomic mass is 32.9. The van der Waals surface area contributed by atoms with Crippen molar-refractivity contribution in [1.82, 2.24) is 37.3 Å². The Labute approximate surface area is 624 Å². The number of carbonyl (C=O) groups excluding carboxylic acids is 4. The molecule has 1 heterocycles. The fourth-order valence-electron chi connectivity index (χ4n) is 7.14. The van der Waals surface area contributed by atoms with Crippen LogP contribution in [0.4, 0.5) is 9.59 Å². The lowest BCUT2D eigenvalue weighted by molar-refractivity contribution is -0.525. The molecule has 0 radical (unpaired) electrons. The summed E-state index contributed by atoms with van der Waals surface area (Å²) in [4.78, 5) is 135. The first-order valence-electron chi connectivity index (χ1n) is 29.8. The quantitative estimate of drug-likeness (QED) is 0.00297. The van der Waals surface area contributed by atoms with Gasteiger partial charge in [0.05, 0.1) is 16.2 Å². The number of thiocarbonyl (C=S) groups is 2. The van der Waals surface area contributed by atoms with Crippen LogP contribution in [0.25, 0.3) is 10.4 Å². The van der Waals surface area contributed by atoms with Gasteiger partial charge < -0.3 is 95.2 Å². The Morgan fingerprint density at radius 1 is 0.581 bits per heavy atom. The second-order valence-electron chi connectivity index (χ2n) is 20.2. The third kappa shape index (κ3) is 46.0. The molecule has 49 heteroatoms. The van der Waals surface area contributed by atoms with Gasteiger partial charge >= 0.3 is 36.1 Å². The van der Waals surface area contributed by atoms with E-state index in [1.165, 1.54) is 36.3 Å². The number of rotatable bonds is 36.